The molecule has 0 spiro atoms. The van der Waals surface area contributed by atoms with Crippen LogP contribution in [0.3, 0.4) is 0 Å². The Kier molecular flexibility index (Phi) is 5.13. The Morgan fingerprint density at radius 2 is 2.00 bits per heavy atom. The van der Waals surface area contributed by atoms with Gasteiger partial charge in [0.25, 0.3) is 10.0 Å². The van der Waals surface area contributed by atoms with Crippen LogP contribution in [0.5, 0.6) is 0 Å². The summed E-state index contributed by atoms with van der Waals surface area (Å²) in [5.41, 5.74) is 0.896. The molecule has 0 radical (unpaired) electrons. The maximum absolute atomic E-state index is 12.6. The summed E-state index contributed by atoms with van der Waals surface area (Å²) < 4.78 is 27.2. The number of carbonyl (C=O) groups excluding carboxylic acids is 1. The van der Waals surface area contributed by atoms with Gasteiger partial charge in [-0.05, 0) is 37.1 Å². The predicted molar refractivity (Wildman–Crippen MR) is 102 cm³/mol. The van der Waals surface area contributed by atoms with E-state index in [2.05, 4.69) is 10.3 Å². The lowest BCUT2D eigenvalue weighted by Gasteiger charge is -2.29. The molecule has 1 N–H and O–H groups in total. The molecule has 6 nitrogen and oxygen atoms in total. The first-order valence-electron chi connectivity index (χ1n) is 8.79. The number of sulfonamides is 1. The van der Waals surface area contributed by atoms with Crippen LogP contribution in [0.2, 0.25) is 0 Å². The van der Waals surface area contributed by atoms with Crippen molar-refractivity contribution in [2.45, 2.75) is 42.4 Å². The molecule has 0 unspecified atom stereocenters. The monoisotopic (exact) mass is 411 g/mol. The van der Waals surface area contributed by atoms with Crippen LogP contribution in [-0.2, 0) is 21.4 Å². The van der Waals surface area contributed by atoms with Crippen LogP contribution < -0.4 is 5.32 Å². The number of rotatable bonds is 6. The second-order valence-corrected chi connectivity index (χ2v) is 10.8. The molecule has 2 aliphatic rings. The largest absolute Gasteiger partial charge is 0.350 e. The summed E-state index contributed by atoms with van der Waals surface area (Å²) in [5.74, 6) is 0.636. The smallest absolute Gasteiger partial charge is 0.252 e. The number of hydrogen-bond acceptors (Lipinski definition) is 6. The van der Waals surface area contributed by atoms with Gasteiger partial charge in [0.05, 0.1) is 17.2 Å². The Labute approximate surface area is 161 Å². The lowest BCUT2D eigenvalue weighted by Crippen LogP contribution is -2.37. The molecule has 1 saturated heterocycles. The van der Waals surface area contributed by atoms with Gasteiger partial charge in [-0.3, -0.25) is 4.79 Å². The number of hydrogen-bond donors (Lipinski definition) is 1. The Hall–Kier alpha value is -1.29. The van der Waals surface area contributed by atoms with E-state index in [9.17, 15) is 13.2 Å². The number of piperidine rings is 1. The minimum absolute atomic E-state index is 0.131. The first-order chi connectivity index (χ1) is 12.5. The molecular formula is C17H21N3O3S3. The highest BCUT2D eigenvalue weighted by molar-refractivity contribution is 7.91. The Bertz CT molecular complexity index is 864. The third-order valence-electron chi connectivity index (χ3n) is 4.85. The highest BCUT2D eigenvalue weighted by Crippen LogP contribution is 2.33. The second-order valence-electron chi connectivity index (χ2n) is 6.78. The standard InChI is InChI=1S/C17H21N3O3S3/c21-16(12-3-4-12)18-10-14-11-25-17(19-14)13-5-7-20(8-6-13)26(22,23)15-2-1-9-24-15/h1-2,9,11-13H,3-8,10H2,(H,18,21). The van der Waals surface area contributed by atoms with Crippen LogP contribution in [0.25, 0.3) is 0 Å². The number of amides is 1. The van der Waals surface area contributed by atoms with Crippen molar-refractivity contribution in [2.75, 3.05) is 13.1 Å². The highest BCUT2D eigenvalue weighted by atomic mass is 32.2. The summed E-state index contributed by atoms with van der Waals surface area (Å²) in [6.07, 6.45) is 3.57. The second kappa shape index (κ2) is 7.38. The van der Waals surface area contributed by atoms with Crippen molar-refractivity contribution in [2.24, 2.45) is 5.92 Å². The fourth-order valence-corrected chi connectivity index (χ4v) is 6.74. The minimum Gasteiger partial charge on any atom is -0.350 e. The molecule has 2 aromatic rings. The van der Waals surface area contributed by atoms with Gasteiger partial charge in [-0.25, -0.2) is 13.4 Å². The van der Waals surface area contributed by atoms with E-state index in [1.54, 1.807) is 33.2 Å². The molecule has 0 atom stereocenters. The number of carbonyl (C=O) groups is 1. The normalized spacial score (nSPS) is 19.5. The Morgan fingerprint density at radius 1 is 1.23 bits per heavy atom. The lowest BCUT2D eigenvalue weighted by atomic mass is 9.99. The van der Waals surface area contributed by atoms with Crippen LogP contribution >= 0.6 is 22.7 Å². The molecule has 1 aliphatic heterocycles. The fraction of sp³-hybridized carbons (Fsp3) is 0.529. The molecule has 2 fully saturated rings. The number of thiazole rings is 1. The summed E-state index contributed by atoms with van der Waals surface area (Å²) in [4.78, 5) is 16.4. The van der Waals surface area contributed by atoms with Crippen molar-refractivity contribution in [3.8, 4) is 0 Å². The molecule has 9 heteroatoms. The first kappa shape index (κ1) is 18.1. The van der Waals surface area contributed by atoms with Gasteiger partial charge in [-0.1, -0.05) is 6.07 Å². The maximum Gasteiger partial charge on any atom is 0.252 e. The third kappa shape index (κ3) is 3.85. The van der Waals surface area contributed by atoms with Crippen molar-refractivity contribution >= 4 is 38.6 Å². The predicted octanol–water partition coefficient (Wildman–Crippen LogP) is 2.80. The molecule has 26 heavy (non-hydrogen) atoms. The van der Waals surface area contributed by atoms with Gasteiger partial charge in [0.15, 0.2) is 0 Å². The Morgan fingerprint density at radius 3 is 2.65 bits per heavy atom. The van der Waals surface area contributed by atoms with Gasteiger partial charge in [0, 0.05) is 30.3 Å². The van der Waals surface area contributed by atoms with Crippen molar-refractivity contribution in [1.82, 2.24) is 14.6 Å². The van der Waals surface area contributed by atoms with Gasteiger partial charge in [0.2, 0.25) is 5.91 Å². The van der Waals surface area contributed by atoms with Gasteiger partial charge in [-0.2, -0.15) is 4.31 Å². The molecule has 1 aliphatic carbocycles. The van der Waals surface area contributed by atoms with E-state index < -0.39 is 10.0 Å². The quantitative estimate of drug-likeness (QED) is 0.793. The van der Waals surface area contributed by atoms with E-state index in [-0.39, 0.29) is 11.8 Å². The summed E-state index contributed by atoms with van der Waals surface area (Å²) in [6.45, 7) is 1.54. The van der Waals surface area contributed by atoms with E-state index in [1.807, 2.05) is 5.38 Å². The molecule has 3 heterocycles. The van der Waals surface area contributed by atoms with Crippen molar-refractivity contribution in [3.63, 3.8) is 0 Å². The minimum atomic E-state index is -3.35. The lowest BCUT2D eigenvalue weighted by molar-refractivity contribution is -0.122. The van der Waals surface area contributed by atoms with E-state index in [1.165, 1.54) is 11.3 Å². The first-order valence-corrected chi connectivity index (χ1v) is 12.0. The molecule has 0 bridgehead atoms. The van der Waals surface area contributed by atoms with Crippen molar-refractivity contribution in [1.29, 1.82) is 0 Å². The zero-order valence-corrected chi connectivity index (χ0v) is 16.7. The van der Waals surface area contributed by atoms with Crippen LogP contribution in [0, 0.1) is 5.92 Å². The van der Waals surface area contributed by atoms with Gasteiger partial charge >= 0.3 is 0 Å². The summed E-state index contributed by atoms with van der Waals surface area (Å²) in [6, 6.07) is 3.43. The molecule has 0 aromatic carbocycles. The van der Waals surface area contributed by atoms with Gasteiger partial charge in [-0.15, -0.1) is 22.7 Å². The average Bonchev–Trinajstić information content (AvgIpc) is 3.15. The summed E-state index contributed by atoms with van der Waals surface area (Å²) in [7, 11) is -3.35. The molecule has 140 valence electrons. The van der Waals surface area contributed by atoms with Crippen LogP contribution in [0.4, 0.5) is 0 Å². The topological polar surface area (TPSA) is 79.4 Å². The molecular weight excluding hydrogens is 390 g/mol. The van der Waals surface area contributed by atoms with Crippen LogP contribution in [0.15, 0.2) is 27.1 Å². The van der Waals surface area contributed by atoms with E-state index >= 15 is 0 Å². The van der Waals surface area contributed by atoms with Crippen molar-refractivity contribution in [3.05, 3.63) is 33.6 Å². The number of aromatic nitrogens is 1. The van der Waals surface area contributed by atoms with E-state index in [0.29, 0.717) is 29.8 Å². The number of nitrogens with one attached hydrogen (secondary N) is 1. The molecule has 1 amide bonds. The SMILES string of the molecule is O=C(NCc1csc(C2CCN(S(=O)(=O)c3cccs3)CC2)n1)C1CC1. The number of thiophene rings is 1. The number of nitrogens with zero attached hydrogens (tertiary/aromatic N) is 2. The van der Waals surface area contributed by atoms with Crippen LogP contribution in [-0.4, -0.2) is 36.7 Å². The average molecular weight is 412 g/mol. The van der Waals surface area contributed by atoms with Gasteiger partial charge in [0.1, 0.15) is 4.21 Å². The highest BCUT2D eigenvalue weighted by Gasteiger charge is 2.32. The fourth-order valence-electron chi connectivity index (χ4n) is 3.14. The van der Waals surface area contributed by atoms with Gasteiger partial charge < -0.3 is 5.32 Å². The zero-order chi connectivity index (χ0) is 18.1. The van der Waals surface area contributed by atoms with Crippen LogP contribution in [0.1, 0.15) is 42.3 Å². The third-order valence-corrected chi connectivity index (χ3v) is 9.18. The maximum atomic E-state index is 12.6. The molecule has 4 rings (SSSR count). The van der Waals surface area contributed by atoms with E-state index in [4.69, 9.17) is 0 Å². The Balaban J connectivity index is 1.32. The molecule has 1 saturated carbocycles. The zero-order valence-electron chi connectivity index (χ0n) is 14.3. The van der Waals surface area contributed by atoms with Crippen molar-refractivity contribution < 1.29 is 13.2 Å². The summed E-state index contributed by atoms with van der Waals surface area (Å²) >= 11 is 2.87. The summed E-state index contributed by atoms with van der Waals surface area (Å²) in [5, 5.41) is 7.78. The van der Waals surface area contributed by atoms with E-state index in [0.717, 1.165) is 36.4 Å². The molecule has 2 aromatic heterocycles.